The molecule has 0 aromatic heterocycles. The van der Waals surface area contributed by atoms with E-state index in [9.17, 15) is 0 Å². The first kappa shape index (κ1) is 9.82. The predicted octanol–water partition coefficient (Wildman–Crippen LogP) is 4.84. The van der Waals surface area contributed by atoms with Gasteiger partial charge in [-0.25, -0.2) is 0 Å². The van der Waals surface area contributed by atoms with Crippen LogP contribution in [0, 0.1) is 0 Å². The SMILES string of the molecule is Clc1cc2c(cc1Cl)Oc1ccccc1N2. The van der Waals surface area contributed by atoms with Crippen molar-refractivity contribution < 1.29 is 4.74 Å². The minimum atomic E-state index is 0.488. The van der Waals surface area contributed by atoms with Crippen LogP contribution in [0.5, 0.6) is 11.5 Å². The second-order valence-electron chi connectivity index (χ2n) is 3.49. The van der Waals surface area contributed by atoms with Crippen molar-refractivity contribution in [2.75, 3.05) is 5.32 Å². The highest BCUT2D eigenvalue weighted by molar-refractivity contribution is 6.42. The highest BCUT2D eigenvalue weighted by Gasteiger charge is 2.17. The lowest BCUT2D eigenvalue weighted by atomic mass is 10.2. The zero-order valence-electron chi connectivity index (χ0n) is 8.13. The molecule has 1 aliphatic heterocycles. The summed E-state index contributed by atoms with van der Waals surface area (Å²) in [5.74, 6) is 1.47. The van der Waals surface area contributed by atoms with Crippen LogP contribution in [0.4, 0.5) is 11.4 Å². The Labute approximate surface area is 103 Å². The van der Waals surface area contributed by atoms with E-state index in [0.717, 1.165) is 17.1 Å². The average Bonchev–Trinajstić information content (AvgIpc) is 2.28. The molecule has 1 N–H and O–H groups in total. The fourth-order valence-corrected chi connectivity index (χ4v) is 1.95. The summed E-state index contributed by atoms with van der Waals surface area (Å²) in [6.07, 6.45) is 0. The molecule has 3 rings (SSSR count). The van der Waals surface area contributed by atoms with E-state index < -0.39 is 0 Å². The lowest BCUT2D eigenvalue weighted by molar-refractivity contribution is 0.481. The van der Waals surface area contributed by atoms with Crippen molar-refractivity contribution in [3.8, 4) is 11.5 Å². The summed E-state index contributed by atoms with van der Waals surface area (Å²) in [4.78, 5) is 0. The van der Waals surface area contributed by atoms with Gasteiger partial charge >= 0.3 is 0 Å². The third kappa shape index (κ3) is 1.51. The first-order valence-electron chi connectivity index (χ1n) is 4.77. The lowest BCUT2D eigenvalue weighted by Gasteiger charge is -2.21. The van der Waals surface area contributed by atoms with Gasteiger partial charge in [-0.1, -0.05) is 35.3 Å². The molecule has 80 valence electrons. The Morgan fingerprint density at radius 3 is 2.50 bits per heavy atom. The van der Waals surface area contributed by atoms with Crippen LogP contribution in [0.15, 0.2) is 36.4 Å². The lowest BCUT2D eigenvalue weighted by Crippen LogP contribution is -2.02. The molecule has 2 aromatic carbocycles. The van der Waals surface area contributed by atoms with Crippen LogP contribution in [-0.2, 0) is 0 Å². The fraction of sp³-hybridized carbons (Fsp3) is 0. The molecule has 0 aliphatic carbocycles. The Bertz CT molecular complexity index is 519. The first-order valence-corrected chi connectivity index (χ1v) is 5.52. The van der Waals surface area contributed by atoms with E-state index in [1.165, 1.54) is 0 Å². The zero-order valence-corrected chi connectivity index (χ0v) is 9.64. The molecule has 1 aliphatic rings. The summed E-state index contributed by atoms with van der Waals surface area (Å²) < 4.78 is 5.71. The molecule has 0 atom stereocenters. The fourth-order valence-electron chi connectivity index (χ4n) is 1.63. The second-order valence-corrected chi connectivity index (χ2v) is 4.30. The quantitative estimate of drug-likeness (QED) is 0.617. The van der Waals surface area contributed by atoms with Gasteiger partial charge in [-0.15, -0.1) is 0 Å². The molecule has 1 heterocycles. The summed E-state index contributed by atoms with van der Waals surface area (Å²) >= 11 is 11.9. The van der Waals surface area contributed by atoms with Crippen molar-refractivity contribution in [2.24, 2.45) is 0 Å². The smallest absolute Gasteiger partial charge is 0.152 e. The minimum absolute atomic E-state index is 0.488. The largest absolute Gasteiger partial charge is 0.453 e. The molecule has 0 radical (unpaired) electrons. The molecular weight excluding hydrogens is 245 g/mol. The van der Waals surface area contributed by atoms with E-state index >= 15 is 0 Å². The van der Waals surface area contributed by atoms with Gasteiger partial charge in [0.05, 0.1) is 21.4 Å². The van der Waals surface area contributed by atoms with Crippen LogP contribution in [0.2, 0.25) is 10.0 Å². The highest BCUT2D eigenvalue weighted by Crippen LogP contribution is 2.44. The van der Waals surface area contributed by atoms with Gasteiger partial charge in [0.2, 0.25) is 0 Å². The number of nitrogens with one attached hydrogen (secondary N) is 1. The van der Waals surface area contributed by atoms with Gasteiger partial charge in [0.15, 0.2) is 11.5 Å². The van der Waals surface area contributed by atoms with Gasteiger partial charge in [0.1, 0.15) is 0 Å². The number of halogens is 2. The molecule has 0 unspecified atom stereocenters. The third-order valence-electron chi connectivity index (χ3n) is 2.40. The van der Waals surface area contributed by atoms with E-state index in [1.807, 2.05) is 24.3 Å². The molecule has 0 fully saturated rings. The van der Waals surface area contributed by atoms with Crippen molar-refractivity contribution in [3.05, 3.63) is 46.4 Å². The Morgan fingerprint density at radius 2 is 1.62 bits per heavy atom. The van der Waals surface area contributed by atoms with E-state index in [1.54, 1.807) is 12.1 Å². The van der Waals surface area contributed by atoms with Crippen LogP contribution in [0.1, 0.15) is 0 Å². The standard InChI is InChI=1S/C12H7Cl2NO/c13-7-5-10-12(6-8(7)14)16-11-4-2-1-3-9(11)15-10/h1-6,15H. The van der Waals surface area contributed by atoms with Gasteiger partial charge in [-0.2, -0.15) is 0 Å². The summed E-state index contributed by atoms with van der Waals surface area (Å²) in [7, 11) is 0. The number of fused-ring (bicyclic) bond motifs is 2. The molecule has 4 heteroatoms. The van der Waals surface area contributed by atoms with Crippen molar-refractivity contribution in [1.29, 1.82) is 0 Å². The summed E-state index contributed by atoms with van der Waals surface area (Å²) in [5, 5.41) is 4.24. The summed E-state index contributed by atoms with van der Waals surface area (Å²) in [6, 6.07) is 11.2. The van der Waals surface area contributed by atoms with Crippen LogP contribution in [-0.4, -0.2) is 0 Å². The monoisotopic (exact) mass is 251 g/mol. The van der Waals surface area contributed by atoms with Gasteiger partial charge in [0.25, 0.3) is 0 Å². The van der Waals surface area contributed by atoms with Crippen LogP contribution >= 0.6 is 23.2 Å². The summed E-state index contributed by atoms with van der Waals surface area (Å²) in [5.41, 5.74) is 1.75. The number of hydrogen-bond donors (Lipinski definition) is 1. The van der Waals surface area contributed by atoms with Crippen molar-refractivity contribution in [1.82, 2.24) is 0 Å². The van der Waals surface area contributed by atoms with E-state index in [4.69, 9.17) is 27.9 Å². The Balaban J connectivity index is 2.12. The molecule has 0 saturated heterocycles. The maximum Gasteiger partial charge on any atom is 0.152 e. The number of benzene rings is 2. The molecule has 16 heavy (non-hydrogen) atoms. The summed E-state index contributed by atoms with van der Waals surface area (Å²) in [6.45, 7) is 0. The average molecular weight is 252 g/mol. The molecule has 0 amide bonds. The van der Waals surface area contributed by atoms with Gasteiger partial charge in [0, 0.05) is 6.07 Å². The van der Waals surface area contributed by atoms with Crippen LogP contribution in [0.25, 0.3) is 0 Å². The minimum Gasteiger partial charge on any atom is -0.453 e. The maximum absolute atomic E-state index is 5.95. The third-order valence-corrected chi connectivity index (χ3v) is 3.12. The topological polar surface area (TPSA) is 21.3 Å². The predicted molar refractivity (Wildman–Crippen MR) is 66.3 cm³/mol. The van der Waals surface area contributed by atoms with Crippen LogP contribution < -0.4 is 10.1 Å². The van der Waals surface area contributed by atoms with Crippen molar-refractivity contribution in [3.63, 3.8) is 0 Å². The van der Waals surface area contributed by atoms with E-state index in [2.05, 4.69) is 5.32 Å². The maximum atomic E-state index is 5.95. The molecule has 0 spiro atoms. The second kappa shape index (κ2) is 3.58. The number of rotatable bonds is 0. The van der Waals surface area contributed by atoms with Crippen LogP contribution in [0.3, 0.4) is 0 Å². The zero-order chi connectivity index (χ0) is 11.1. The molecule has 2 nitrogen and oxygen atoms in total. The van der Waals surface area contributed by atoms with E-state index in [-0.39, 0.29) is 0 Å². The van der Waals surface area contributed by atoms with Gasteiger partial charge in [-0.3, -0.25) is 0 Å². The number of hydrogen-bond acceptors (Lipinski definition) is 2. The van der Waals surface area contributed by atoms with Gasteiger partial charge < -0.3 is 10.1 Å². The number of ether oxygens (including phenoxy) is 1. The normalized spacial score (nSPS) is 12.1. The Hall–Kier alpha value is -1.38. The highest BCUT2D eigenvalue weighted by atomic mass is 35.5. The number of para-hydroxylation sites is 2. The van der Waals surface area contributed by atoms with Crippen molar-refractivity contribution in [2.45, 2.75) is 0 Å². The molecule has 2 aromatic rings. The number of anilines is 2. The Kier molecular flexibility index (Phi) is 2.20. The van der Waals surface area contributed by atoms with Crippen molar-refractivity contribution >= 4 is 34.6 Å². The first-order chi connectivity index (χ1) is 7.74. The molecule has 0 bridgehead atoms. The Morgan fingerprint density at radius 1 is 0.875 bits per heavy atom. The van der Waals surface area contributed by atoms with E-state index in [0.29, 0.717) is 15.8 Å². The van der Waals surface area contributed by atoms with Gasteiger partial charge in [-0.05, 0) is 18.2 Å². The molecular formula is C12H7Cl2NO. The molecule has 0 saturated carbocycles.